The first kappa shape index (κ1) is 15.1. The number of hydrogen-bond donors (Lipinski definition) is 1. The largest absolute Gasteiger partial charge is 0.483 e. The third kappa shape index (κ3) is 3.87. The first-order valence-corrected chi connectivity index (χ1v) is 7.25. The molecule has 1 N–H and O–H groups in total. The second-order valence-electron chi connectivity index (χ2n) is 5.23. The van der Waals surface area contributed by atoms with Crippen molar-refractivity contribution in [3.63, 3.8) is 0 Å². The number of amides is 1. The van der Waals surface area contributed by atoms with E-state index in [1.165, 1.54) is 0 Å². The molecule has 110 valence electrons. The minimum atomic E-state index is -0.0301. The molecule has 1 aliphatic heterocycles. The summed E-state index contributed by atoms with van der Waals surface area (Å²) in [5, 5.41) is 9.83. The van der Waals surface area contributed by atoms with E-state index in [2.05, 4.69) is 0 Å². The first-order valence-electron chi connectivity index (χ1n) is 6.87. The van der Waals surface area contributed by atoms with Gasteiger partial charge >= 0.3 is 0 Å². The van der Waals surface area contributed by atoms with Crippen molar-refractivity contribution in [2.24, 2.45) is 5.92 Å². The number of piperidine rings is 1. The van der Waals surface area contributed by atoms with Gasteiger partial charge in [0.1, 0.15) is 5.75 Å². The van der Waals surface area contributed by atoms with E-state index in [-0.39, 0.29) is 25.0 Å². The van der Waals surface area contributed by atoms with Gasteiger partial charge in [0.2, 0.25) is 0 Å². The van der Waals surface area contributed by atoms with Crippen LogP contribution in [0.4, 0.5) is 0 Å². The molecule has 20 heavy (non-hydrogen) atoms. The Morgan fingerprint density at radius 3 is 3.05 bits per heavy atom. The van der Waals surface area contributed by atoms with E-state index in [9.17, 15) is 9.90 Å². The van der Waals surface area contributed by atoms with E-state index >= 15 is 0 Å². The summed E-state index contributed by atoms with van der Waals surface area (Å²) in [6, 6.07) is 5.33. The van der Waals surface area contributed by atoms with E-state index < -0.39 is 0 Å². The zero-order valence-electron chi connectivity index (χ0n) is 11.6. The molecule has 2 rings (SSSR count). The third-order valence-corrected chi connectivity index (χ3v) is 3.85. The van der Waals surface area contributed by atoms with Gasteiger partial charge in [-0.05, 0) is 49.4 Å². The number of hydrogen-bond acceptors (Lipinski definition) is 3. The lowest BCUT2D eigenvalue weighted by Gasteiger charge is -2.31. The van der Waals surface area contributed by atoms with Gasteiger partial charge in [0, 0.05) is 24.7 Å². The van der Waals surface area contributed by atoms with Crippen molar-refractivity contribution in [3.8, 4) is 5.75 Å². The summed E-state index contributed by atoms with van der Waals surface area (Å²) in [5.74, 6) is 0.848. The maximum Gasteiger partial charge on any atom is 0.260 e. The number of carbonyl (C=O) groups excluding carboxylic acids is 1. The third-order valence-electron chi connectivity index (χ3n) is 3.62. The lowest BCUT2D eigenvalue weighted by atomic mass is 9.99. The fourth-order valence-electron chi connectivity index (χ4n) is 2.45. The van der Waals surface area contributed by atoms with Crippen LogP contribution in [-0.2, 0) is 4.79 Å². The lowest BCUT2D eigenvalue weighted by molar-refractivity contribution is -0.135. The number of nitrogens with zero attached hydrogens (tertiary/aromatic N) is 1. The Kier molecular flexibility index (Phi) is 5.26. The molecular formula is C15H20ClNO3. The minimum Gasteiger partial charge on any atom is -0.483 e. The molecule has 0 aromatic heterocycles. The standard InChI is InChI=1S/C15H20ClNO3/c1-11-7-13(16)4-5-14(11)20-10-15(19)17-6-2-3-12(8-17)9-18/h4-5,7,12,18H,2-3,6,8-10H2,1H3. The predicted octanol–water partition coefficient (Wildman–Crippen LogP) is 2.26. The Labute approximate surface area is 124 Å². The molecule has 1 aliphatic rings. The Hall–Kier alpha value is -1.26. The topological polar surface area (TPSA) is 49.8 Å². The highest BCUT2D eigenvalue weighted by Gasteiger charge is 2.23. The molecule has 5 heteroatoms. The molecule has 0 aliphatic carbocycles. The van der Waals surface area contributed by atoms with Crippen LogP contribution in [-0.4, -0.2) is 42.2 Å². The van der Waals surface area contributed by atoms with E-state index in [4.69, 9.17) is 16.3 Å². The SMILES string of the molecule is Cc1cc(Cl)ccc1OCC(=O)N1CCCC(CO)C1. The molecule has 0 saturated carbocycles. The average molecular weight is 298 g/mol. The molecule has 1 aromatic rings. The highest BCUT2D eigenvalue weighted by molar-refractivity contribution is 6.30. The van der Waals surface area contributed by atoms with Crippen molar-refractivity contribution >= 4 is 17.5 Å². The highest BCUT2D eigenvalue weighted by Crippen LogP contribution is 2.22. The van der Waals surface area contributed by atoms with E-state index in [0.29, 0.717) is 17.3 Å². The van der Waals surface area contributed by atoms with E-state index in [1.54, 1.807) is 17.0 Å². The Morgan fingerprint density at radius 1 is 1.55 bits per heavy atom. The van der Waals surface area contributed by atoms with Crippen molar-refractivity contribution < 1.29 is 14.6 Å². The van der Waals surface area contributed by atoms with Gasteiger partial charge in [0.15, 0.2) is 6.61 Å². The molecule has 0 bridgehead atoms. The smallest absolute Gasteiger partial charge is 0.260 e. The first-order chi connectivity index (χ1) is 9.60. The summed E-state index contributed by atoms with van der Waals surface area (Å²) >= 11 is 5.88. The number of benzene rings is 1. The summed E-state index contributed by atoms with van der Waals surface area (Å²) in [6.45, 7) is 3.44. The Balaban J connectivity index is 1.88. The zero-order chi connectivity index (χ0) is 14.5. The quantitative estimate of drug-likeness (QED) is 0.927. The van der Waals surface area contributed by atoms with Crippen LogP contribution in [0.25, 0.3) is 0 Å². The normalized spacial score (nSPS) is 18.9. The van der Waals surface area contributed by atoms with Crippen molar-refractivity contribution in [1.29, 1.82) is 0 Å². The molecule has 0 spiro atoms. The highest BCUT2D eigenvalue weighted by atomic mass is 35.5. The molecular weight excluding hydrogens is 278 g/mol. The van der Waals surface area contributed by atoms with Crippen LogP contribution in [0.3, 0.4) is 0 Å². The number of likely N-dealkylation sites (tertiary alicyclic amines) is 1. The maximum absolute atomic E-state index is 12.1. The van der Waals surface area contributed by atoms with Crippen LogP contribution in [0.15, 0.2) is 18.2 Å². The maximum atomic E-state index is 12.1. The van der Waals surface area contributed by atoms with Gasteiger partial charge in [-0.3, -0.25) is 4.79 Å². The van der Waals surface area contributed by atoms with Gasteiger partial charge in [-0.1, -0.05) is 11.6 Å². The summed E-state index contributed by atoms with van der Waals surface area (Å²) in [7, 11) is 0. The van der Waals surface area contributed by atoms with Gasteiger partial charge in [-0.2, -0.15) is 0 Å². The van der Waals surface area contributed by atoms with Gasteiger partial charge in [0.05, 0.1) is 0 Å². The number of aliphatic hydroxyl groups is 1. The number of rotatable bonds is 4. The van der Waals surface area contributed by atoms with Crippen LogP contribution < -0.4 is 4.74 Å². The van der Waals surface area contributed by atoms with Crippen molar-refractivity contribution in [1.82, 2.24) is 4.90 Å². The molecule has 1 fully saturated rings. The number of carbonyl (C=O) groups is 1. The van der Waals surface area contributed by atoms with Gasteiger partial charge < -0.3 is 14.7 Å². The predicted molar refractivity (Wildman–Crippen MR) is 78.1 cm³/mol. The summed E-state index contributed by atoms with van der Waals surface area (Å²) < 4.78 is 5.56. The molecule has 1 heterocycles. The number of aryl methyl sites for hydroxylation is 1. The van der Waals surface area contributed by atoms with Crippen molar-refractivity contribution in [3.05, 3.63) is 28.8 Å². The second-order valence-corrected chi connectivity index (χ2v) is 5.67. The molecule has 4 nitrogen and oxygen atoms in total. The fourth-order valence-corrected chi connectivity index (χ4v) is 2.67. The van der Waals surface area contributed by atoms with Crippen LogP contribution in [0, 0.1) is 12.8 Å². The average Bonchev–Trinajstić information content (AvgIpc) is 2.46. The van der Waals surface area contributed by atoms with Crippen molar-refractivity contribution in [2.45, 2.75) is 19.8 Å². The van der Waals surface area contributed by atoms with Crippen LogP contribution in [0.5, 0.6) is 5.75 Å². The van der Waals surface area contributed by atoms with Gasteiger partial charge in [-0.15, -0.1) is 0 Å². The minimum absolute atomic E-state index is 0.0284. The van der Waals surface area contributed by atoms with Crippen molar-refractivity contribution in [2.75, 3.05) is 26.3 Å². The number of ether oxygens (including phenoxy) is 1. The summed E-state index contributed by atoms with van der Waals surface area (Å²) in [5.41, 5.74) is 0.914. The molecule has 0 radical (unpaired) electrons. The molecule has 1 saturated heterocycles. The monoisotopic (exact) mass is 297 g/mol. The summed E-state index contributed by atoms with van der Waals surface area (Å²) in [4.78, 5) is 13.9. The van der Waals surface area contributed by atoms with Crippen LogP contribution in [0.2, 0.25) is 5.02 Å². The van der Waals surface area contributed by atoms with Crippen LogP contribution >= 0.6 is 11.6 Å². The van der Waals surface area contributed by atoms with E-state index in [1.807, 2.05) is 13.0 Å². The molecule has 1 aromatic carbocycles. The molecule has 1 unspecified atom stereocenters. The number of aliphatic hydroxyl groups excluding tert-OH is 1. The fraction of sp³-hybridized carbons (Fsp3) is 0.533. The second kappa shape index (κ2) is 6.95. The molecule has 1 atom stereocenters. The van der Waals surface area contributed by atoms with Crippen LogP contribution in [0.1, 0.15) is 18.4 Å². The van der Waals surface area contributed by atoms with Gasteiger partial charge in [-0.25, -0.2) is 0 Å². The molecule has 1 amide bonds. The van der Waals surface area contributed by atoms with Gasteiger partial charge in [0.25, 0.3) is 5.91 Å². The van der Waals surface area contributed by atoms with E-state index in [0.717, 1.165) is 24.9 Å². The Morgan fingerprint density at radius 2 is 2.35 bits per heavy atom. The zero-order valence-corrected chi connectivity index (χ0v) is 12.4. The summed E-state index contributed by atoms with van der Waals surface area (Å²) in [6.07, 6.45) is 1.92. The Bertz CT molecular complexity index is 478. The number of halogens is 1. The lowest BCUT2D eigenvalue weighted by Crippen LogP contribution is -2.43.